The van der Waals surface area contributed by atoms with E-state index in [0.29, 0.717) is 10.7 Å². The second-order valence-electron chi connectivity index (χ2n) is 5.21. The van der Waals surface area contributed by atoms with Crippen LogP contribution in [0.25, 0.3) is 0 Å². The number of nitrogens with zero attached hydrogens (tertiary/aromatic N) is 1. The van der Waals surface area contributed by atoms with Crippen molar-refractivity contribution in [3.05, 3.63) is 34.9 Å². The first kappa shape index (κ1) is 13.7. The summed E-state index contributed by atoms with van der Waals surface area (Å²) in [4.78, 5) is 12.1. The molecule has 0 spiro atoms. The van der Waals surface area contributed by atoms with E-state index < -0.39 is 11.4 Å². The Kier molecular flexibility index (Phi) is 3.91. The van der Waals surface area contributed by atoms with Gasteiger partial charge in [-0.05, 0) is 51.3 Å². The third-order valence-electron chi connectivity index (χ3n) is 2.76. The largest absolute Gasteiger partial charge is 0.282 e. The summed E-state index contributed by atoms with van der Waals surface area (Å²) < 4.78 is 13.9. The highest BCUT2D eigenvalue weighted by Crippen LogP contribution is 2.22. The monoisotopic (exact) mass is 237 g/mol. The summed E-state index contributed by atoms with van der Waals surface area (Å²) >= 11 is 0. The Labute approximate surface area is 102 Å². The molecule has 0 bridgehead atoms. The molecule has 0 N–H and O–H groups in total. The Bertz CT molecular complexity index is 421. The molecule has 0 fully saturated rings. The zero-order valence-corrected chi connectivity index (χ0v) is 11.2. The van der Waals surface area contributed by atoms with Gasteiger partial charge in [0.05, 0.1) is 5.54 Å². The molecule has 0 radical (unpaired) electrons. The number of aryl methyl sites for hydroxylation is 1. The fourth-order valence-electron chi connectivity index (χ4n) is 1.78. The summed E-state index contributed by atoms with van der Waals surface area (Å²) in [6.45, 7) is 8.93. The van der Waals surface area contributed by atoms with Crippen LogP contribution in [-0.2, 0) is 6.42 Å². The molecular formula is C14H20FNO. The highest BCUT2D eigenvalue weighted by molar-refractivity contribution is 5.95. The maximum absolute atomic E-state index is 13.9. The van der Waals surface area contributed by atoms with Gasteiger partial charge in [-0.2, -0.15) is 5.12 Å². The van der Waals surface area contributed by atoms with E-state index in [0.717, 1.165) is 17.5 Å². The summed E-state index contributed by atoms with van der Waals surface area (Å²) in [7, 11) is 0. The van der Waals surface area contributed by atoms with Gasteiger partial charge in [0.1, 0.15) is 0 Å². The molecule has 0 saturated carbocycles. The first-order valence-electron chi connectivity index (χ1n) is 5.88. The normalized spacial score (nSPS) is 11.4. The van der Waals surface area contributed by atoms with Crippen LogP contribution in [-0.4, -0.2) is 16.6 Å². The minimum atomic E-state index is -0.814. The number of hydrogen-bond acceptors (Lipinski definition) is 1. The highest BCUT2D eigenvalue weighted by atomic mass is 19.2. The minimum Gasteiger partial charge on any atom is -0.266 e. The van der Waals surface area contributed by atoms with Gasteiger partial charge in [0.15, 0.2) is 0 Å². The highest BCUT2D eigenvalue weighted by Gasteiger charge is 2.29. The number of halogens is 1. The number of benzene rings is 1. The predicted molar refractivity (Wildman–Crippen MR) is 67.6 cm³/mol. The fraction of sp³-hybridized carbons (Fsp3) is 0.500. The van der Waals surface area contributed by atoms with Crippen molar-refractivity contribution in [3.8, 4) is 0 Å². The number of amides is 1. The molecule has 1 aromatic rings. The van der Waals surface area contributed by atoms with Crippen molar-refractivity contribution in [1.29, 1.82) is 0 Å². The predicted octanol–water partition coefficient (Wildman–Crippen LogP) is 3.68. The van der Waals surface area contributed by atoms with Crippen LogP contribution >= 0.6 is 0 Å². The van der Waals surface area contributed by atoms with Crippen LogP contribution in [0.2, 0.25) is 0 Å². The summed E-state index contributed by atoms with van der Waals surface area (Å²) in [5.74, 6) is -0.557. The SMILES string of the molecule is CCc1c(C)cccc1C(=O)N(F)C(C)(C)C. The van der Waals surface area contributed by atoms with Crippen LogP contribution in [0.4, 0.5) is 4.48 Å². The van der Waals surface area contributed by atoms with E-state index >= 15 is 0 Å². The molecule has 94 valence electrons. The van der Waals surface area contributed by atoms with E-state index in [-0.39, 0.29) is 0 Å². The molecule has 0 aliphatic rings. The van der Waals surface area contributed by atoms with E-state index in [4.69, 9.17) is 0 Å². The molecule has 0 atom stereocenters. The zero-order valence-electron chi connectivity index (χ0n) is 11.2. The molecule has 0 aliphatic carbocycles. The van der Waals surface area contributed by atoms with Crippen molar-refractivity contribution in [3.63, 3.8) is 0 Å². The van der Waals surface area contributed by atoms with Gasteiger partial charge in [-0.15, -0.1) is 0 Å². The minimum absolute atomic E-state index is 0.306. The van der Waals surface area contributed by atoms with Crippen molar-refractivity contribution < 1.29 is 9.28 Å². The molecule has 0 unspecified atom stereocenters. The van der Waals surface area contributed by atoms with Crippen LogP contribution in [0.3, 0.4) is 0 Å². The van der Waals surface area contributed by atoms with Gasteiger partial charge in [-0.25, -0.2) is 0 Å². The third-order valence-corrected chi connectivity index (χ3v) is 2.76. The smallest absolute Gasteiger partial charge is 0.266 e. The van der Waals surface area contributed by atoms with Crippen LogP contribution in [0, 0.1) is 6.92 Å². The van der Waals surface area contributed by atoms with Crippen LogP contribution < -0.4 is 0 Å². The lowest BCUT2D eigenvalue weighted by molar-refractivity contribution is -0.0322. The molecular weight excluding hydrogens is 217 g/mol. The van der Waals surface area contributed by atoms with E-state index in [1.807, 2.05) is 19.9 Å². The van der Waals surface area contributed by atoms with Gasteiger partial charge in [-0.3, -0.25) is 4.79 Å². The lowest BCUT2D eigenvalue weighted by Gasteiger charge is -2.27. The molecule has 0 heterocycles. The van der Waals surface area contributed by atoms with E-state index in [1.54, 1.807) is 32.9 Å². The second kappa shape index (κ2) is 4.86. The van der Waals surface area contributed by atoms with Gasteiger partial charge in [-0.1, -0.05) is 23.5 Å². The summed E-state index contributed by atoms with van der Waals surface area (Å²) in [5.41, 5.74) is 1.60. The summed E-state index contributed by atoms with van der Waals surface area (Å²) in [6.07, 6.45) is 0.728. The molecule has 0 aliphatic heterocycles. The number of carbonyl (C=O) groups is 1. The van der Waals surface area contributed by atoms with E-state index in [9.17, 15) is 9.28 Å². The van der Waals surface area contributed by atoms with Crippen molar-refractivity contribution in [2.45, 2.75) is 46.6 Å². The summed E-state index contributed by atoms with van der Waals surface area (Å²) in [5, 5.41) is 0.306. The van der Waals surface area contributed by atoms with Gasteiger partial charge in [0.25, 0.3) is 5.91 Å². The first-order valence-corrected chi connectivity index (χ1v) is 5.88. The third kappa shape index (κ3) is 2.84. The van der Waals surface area contributed by atoms with Crippen LogP contribution in [0.15, 0.2) is 18.2 Å². The topological polar surface area (TPSA) is 20.3 Å². The number of carbonyl (C=O) groups excluding carboxylic acids is 1. The number of rotatable bonds is 2. The van der Waals surface area contributed by atoms with Crippen LogP contribution in [0.1, 0.15) is 49.2 Å². The van der Waals surface area contributed by atoms with Crippen LogP contribution in [0.5, 0.6) is 0 Å². The van der Waals surface area contributed by atoms with E-state index in [1.165, 1.54) is 0 Å². The standard InChI is InChI=1S/C14H20FNO/c1-6-11-10(2)8-7-9-12(11)13(17)16(15)14(3,4)5/h7-9H,6H2,1-5H3. The molecule has 3 heteroatoms. The molecule has 1 amide bonds. The van der Waals surface area contributed by atoms with Crippen molar-refractivity contribution in [1.82, 2.24) is 5.12 Å². The lowest BCUT2D eigenvalue weighted by Crippen LogP contribution is -2.39. The van der Waals surface area contributed by atoms with E-state index in [2.05, 4.69) is 0 Å². The Hall–Kier alpha value is -1.38. The average Bonchev–Trinajstić information content (AvgIpc) is 2.25. The Morgan fingerprint density at radius 2 is 1.94 bits per heavy atom. The Balaban J connectivity index is 3.17. The zero-order chi connectivity index (χ0) is 13.2. The van der Waals surface area contributed by atoms with Gasteiger partial charge in [0.2, 0.25) is 0 Å². The van der Waals surface area contributed by atoms with Crippen molar-refractivity contribution >= 4 is 5.91 Å². The van der Waals surface area contributed by atoms with Gasteiger partial charge >= 0.3 is 0 Å². The maximum Gasteiger partial charge on any atom is 0.282 e. The maximum atomic E-state index is 13.9. The lowest BCUT2D eigenvalue weighted by atomic mass is 9.98. The van der Waals surface area contributed by atoms with Gasteiger partial charge in [0, 0.05) is 5.56 Å². The van der Waals surface area contributed by atoms with Crippen molar-refractivity contribution in [2.75, 3.05) is 0 Å². The van der Waals surface area contributed by atoms with Gasteiger partial charge < -0.3 is 0 Å². The molecule has 2 nitrogen and oxygen atoms in total. The Morgan fingerprint density at radius 3 is 2.41 bits per heavy atom. The molecule has 0 saturated heterocycles. The molecule has 0 aromatic heterocycles. The molecule has 17 heavy (non-hydrogen) atoms. The Morgan fingerprint density at radius 1 is 1.35 bits per heavy atom. The summed E-state index contributed by atoms with van der Waals surface area (Å²) in [6, 6.07) is 5.42. The number of hydrogen-bond donors (Lipinski definition) is 0. The fourth-order valence-corrected chi connectivity index (χ4v) is 1.78. The molecule has 1 rings (SSSR count). The average molecular weight is 237 g/mol. The van der Waals surface area contributed by atoms with Crippen molar-refractivity contribution in [2.24, 2.45) is 0 Å². The second-order valence-corrected chi connectivity index (χ2v) is 5.21. The molecule has 1 aromatic carbocycles. The quantitative estimate of drug-likeness (QED) is 0.718. The first-order chi connectivity index (χ1) is 7.79.